The Labute approximate surface area is 94.4 Å². The summed E-state index contributed by atoms with van der Waals surface area (Å²) < 4.78 is 30.9. The van der Waals surface area contributed by atoms with Crippen LogP contribution in [0.15, 0.2) is 11.1 Å². The van der Waals surface area contributed by atoms with Gasteiger partial charge in [0.1, 0.15) is 10.7 Å². The Morgan fingerprint density at radius 2 is 2.31 bits per heavy atom. The Kier molecular flexibility index (Phi) is 4.27. The molecule has 1 heterocycles. The van der Waals surface area contributed by atoms with Gasteiger partial charge in [-0.3, -0.25) is 5.10 Å². The van der Waals surface area contributed by atoms with E-state index >= 15 is 0 Å². The first-order chi connectivity index (χ1) is 7.43. The first-order valence-electron chi connectivity index (χ1n) is 4.83. The van der Waals surface area contributed by atoms with Crippen LogP contribution >= 0.6 is 0 Å². The van der Waals surface area contributed by atoms with Gasteiger partial charge in [-0.2, -0.15) is 5.10 Å². The smallest absolute Gasteiger partial charge is 0.245 e. The third-order valence-electron chi connectivity index (χ3n) is 1.77. The summed E-state index contributed by atoms with van der Waals surface area (Å²) in [6.07, 6.45) is 1.24. The second kappa shape index (κ2) is 5.28. The molecule has 1 rings (SSSR count). The fourth-order valence-electron chi connectivity index (χ4n) is 1.05. The second-order valence-electron chi connectivity index (χ2n) is 3.47. The number of aromatic amines is 1. The fraction of sp³-hybridized carbons (Fsp3) is 0.625. The van der Waals surface area contributed by atoms with Crippen molar-refractivity contribution in [1.29, 1.82) is 0 Å². The first kappa shape index (κ1) is 12.9. The lowest BCUT2D eigenvalue weighted by molar-refractivity contribution is 0.0834. The van der Waals surface area contributed by atoms with Crippen molar-refractivity contribution in [2.75, 3.05) is 18.9 Å². The monoisotopic (exact) mass is 248 g/mol. The zero-order valence-electron chi connectivity index (χ0n) is 9.23. The van der Waals surface area contributed by atoms with Crippen molar-refractivity contribution in [2.24, 2.45) is 0 Å². The van der Waals surface area contributed by atoms with Crippen LogP contribution in [-0.4, -0.2) is 37.9 Å². The number of sulfonamides is 1. The highest BCUT2D eigenvalue weighted by Crippen LogP contribution is 2.12. The van der Waals surface area contributed by atoms with Gasteiger partial charge in [0.2, 0.25) is 10.0 Å². The number of ether oxygens (including phenoxy) is 1. The molecule has 8 heteroatoms. The van der Waals surface area contributed by atoms with Crippen LogP contribution in [0.2, 0.25) is 0 Å². The Balaban J connectivity index is 2.51. The maximum atomic E-state index is 11.7. The van der Waals surface area contributed by atoms with Crippen molar-refractivity contribution in [1.82, 2.24) is 14.9 Å². The number of hydrogen-bond acceptors (Lipinski definition) is 5. The van der Waals surface area contributed by atoms with Crippen molar-refractivity contribution >= 4 is 15.8 Å². The average molecular weight is 248 g/mol. The van der Waals surface area contributed by atoms with Crippen molar-refractivity contribution in [2.45, 2.75) is 24.8 Å². The summed E-state index contributed by atoms with van der Waals surface area (Å²) in [5, 5.41) is 5.90. The number of hydrogen-bond donors (Lipinski definition) is 3. The van der Waals surface area contributed by atoms with Crippen molar-refractivity contribution < 1.29 is 13.2 Å². The van der Waals surface area contributed by atoms with Gasteiger partial charge in [0.15, 0.2) is 0 Å². The lowest BCUT2D eigenvalue weighted by Crippen LogP contribution is -2.28. The summed E-state index contributed by atoms with van der Waals surface area (Å²) in [4.78, 5) is -0.0444. The van der Waals surface area contributed by atoms with Gasteiger partial charge in [0.25, 0.3) is 0 Å². The average Bonchev–Trinajstić information content (AvgIpc) is 2.59. The lowest BCUT2D eigenvalue weighted by Gasteiger charge is -2.08. The van der Waals surface area contributed by atoms with Gasteiger partial charge in [0.05, 0.1) is 18.9 Å². The predicted octanol–water partition coefficient (Wildman–Crippen LogP) is -0.305. The first-order valence-corrected chi connectivity index (χ1v) is 6.32. The number of nitrogens with one attached hydrogen (secondary N) is 2. The molecule has 0 aliphatic rings. The van der Waals surface area contributed by atoms with E-state index in [-0.39, 0.29) is 23.4 Å². The molecule has 4 N–H and O–H groups in total. The van der Waals surface area contributed by atoms with Crippen LogP contribution in [0.25, 0.3) is 0 Å². The standard InChI is InChI=1S/C8H16N4O3S/c1-6(2)15-4-3-11-16(13,14)7-5-10-12-8(7)9/h5-6,11H,3-4H2,1-2H3,(H3,9,10,12). The molecule has 0 aromatic carbocycles. The number of rotatable bonds is 6. The molecule has 1 aromatic heterocycles. The van der Waals surface area contributed by atoms with Crippen LogP contribution in [0.3, 0.4) is 0 Å². The summed E-state index contributed by atoms with van der Waals surface area (Å²) in [6.45, 7) is 4.27. The molecule has 0 atom stereocenters. The molecule has 92 valence electrons. The molecule has 0 unspecified atom stereocenters. The van der Waals surface area contributed by atoms with Gasteiger partial charge in [0, 0.05) is 6.54 Å². The summed E-state index contributed by atoms with van der Waals surface area (Å²) in [5.74, 6) is 0.0253. The van der Waals surface area contributed by atoms with E-state index in [1.165, 1.54) is 6.20 Å². The molecule has 1 aromatic rings. The van der Waals surface area contributed by atoms with E-state index in [0.29, 0.717) is 6.61 Å². The number of H-pyrrole nitrogens is 1. The Morgan fingerprint density at radius 1 is 1.62 bits per heavy atom. The molecule has 0 saturated carbocycles. The van der Waals surface area contributed by atoms with Crippen molar-refractivity contribution in [3.05, 3.63) is 6.20 Å². The van der Waals surface area contributed by atoms with Gasteiger partial charge in [-0.25, -0.2) is 13.1 Å². The molecule has 0 aliphatic carbocycles. The van der Waals surface area contributed by atoms with Crippen molar-refractivity contribution in [3.8, 4) is 0 Å². The molecule has 0 aliphatic heterocycles. The van der Waals surface area contributed by atoms with Gasteiger partial charge in [-0.1, -0.05) is 0 Å². The predicted molar refractivity (Wildman–Crippen MR) is 59.3 cm³/mol. The van der Waals surface area contributed by atoms with Crippen LogP contribution in [0, 0.1) is 0 Å². The maximum absolute atomic E-state index is 11.7. The fourth-order valence-corrected chi connectivity index (χ4v) is 2.08. The highest BCUT2D eigenvalue weighted by Gasteiger charge is 2.18. The molecule has 7 nitrogen and oxygen atoms in total. The minimum absolute atomic E-state index is 0.0253. The molecule has 0 saturated heterocycles. The summed E-state index contributed by atoms with van der Waals surface area (Å²) in [7, 11) is -3.59. The van der Waals surface area contributed by atoms with E-state index in [0.717, 1.165) is 0 Å². The van der Waals surface area contributed by atoms with E-state index in [2.05, 4.69) is 14.9 Å². The Morgan fingerprint density at radius 3 is 2.81 bits per heavy atom. The highest BCUT2D eigenvalue weighted by atomic mass is 32.2. The van der Waals surface area contributed by atoms with E-state index in [1.54, 1.807) is 0 Å². The van der Waals surface area contributed by atoms with Gasteiger partial charge in [-0.15, -0.1) is 0 Å². The third-order valence-corrected chi connectivity index (χ3v) is 3.26. The molecular weight excluding hydrogens is 232 g/mol. The van der Waals surface area contributed by atoms with Gasteiger partial charge in [-0.05, 0) is 13.8 Å². The van der Waals surface area contributed by atoms with Crippen LogP contribution in [0.5, 0.6) is 0 Å². The molecule has 0 radical (unpaired) electrons. The van der Waals surface area contributed by atoms with E-state index < -0.39 is 10.0 Å². The minimum atomic E-state index is -3.59. The summed E-state index contributed by atoms with van der Waals surface area (Å²) in [6, 6.07) is 0. The zero-order valence-corrected chi connectivity index (χ0v) is 10.0. The van der Waals surface area contributed by atoms with Gasteiger partial charge < -0.3 is 10.5 Å². The van der Waals surface area contributed by atoms with Crippen LogP contribution in [0.4, 0.5) is 5.82 Å². The highest BCUT2D eigenvalue weighted by molar-refractivity contribution is 7.89. The molecule has 0 bridgehead atoms. The van der Waals surface area contributed by atoms with E-state index in [1.807, 2.05) is 13.8 Å². The van der Waals surface area contributed by atoms with Gasteiger partial charge >= 0.3 is 0 Å². The topological polar surface area (TPSA) is 110 Å². The Bertz CT molecular complexity index is 426. The molecule has 0 amide bonds. The molecule has 0 fully saturated rings. The molecule has 16 heavy (non-hydrogen) atoms. The maximum Gasteiger partial charge on any atom is 0.245 e. The SMILES string of the molecule is CC(C)OCCNS(=O)(=O)c1cn[nH]c1N. The van der Waals surface area contributed by atoms with Crippen LogP contribution < -0.4 is 10.5 Å². The molecular formula is C8H16N4O3S. The molecule has 0 spiro atoms. The van der Waals surface area contributed by atoms with Crippen molar-refractivity contribution in [3.63, 3.8) is 0 Å². The number of nitrogens with zero attached hydrogens (tertiary/aromatic N) is 1. The number of aromatic nitrogens is 2. The number of anilines is 1. The van der Waals surface area contributed by atoms with E-state index in [4.69, 9.17) is 10.5 Å². The number of nitrogen functional groups attached to an aromatic ring is 1. The third kappa shape index (κ3) is 3.47. The second-order valence-corrected chi connectivity index (χ2v) is 5.20. The Hall–Kier alpha value is -1.12. The largest absolute Gasteiger partial charge is 0.383 e. The quantitative estimate of drug-likeness (QED) is 0.598. The minimum Gasteiger partial charge on any atom is -0.383 e. The van der Waals surface area contributed by atoms with Crippen LogP contribution in [-0.2, 0) is 14.8 Å². The zero-order chi connectivity index (χ0) is 12.2. The summed E-state index contributed by atoms with van der Waals surface area (Å²) >= 11 is 0. The van der Waals surface area contributed by atoms with E-state index in [9.17, 15) is 8.42 Å². The summed E-state index contributed by atoms with van der Waals surface area (Å²) in [5.41, 5.74) is 5.41. The number of nitrogens with two attached hydrogens (primary N) is 1. The lowest BCUT2D eigenvalue weighted by atomic mass is 10.5. The van der Waals surface area contributed by atoms with Crippen LogP contribution in [0.1, 0.15) is 13.8 Å². The normalized spacial score (nSPS) is 12.2.